The number of sulfonamides is 1. The van der Waals surface area contributed by atoms with Crippen LogP contribution in [-0.4, -0.2) is 60.7 Å². The van der Waals surface area contributed by atoms with Crippen LogP contribution in [0.1, 0.15) is 5.56 Å². The SMILES string of the molecule is O=C1OC(c2cccc3ccccc23)=NC1=CN1CCN(S(=O)(=O)c2cccc3cccnc23)CC1. The molecule has 1 fully saturated rings. The summed E-state index contributed by atoms with van der Waals surface area (Å²) >= 11 is 0. The van der Waals surface area contributed by atoms with Crippen LogP contribution in [0.5, 0.6) is 0 Å². The minimum absolute atomic E-state index is 0.201. The summed E-state index contributed by atoms with van der Waals surface area (Å²) in [5, 5.41) is 2.76. The molecule has 2 aliphatic heterocycles. The van der Waals surface area contributed by atoms with Crippen LogP contribution in [-0.2, 0) is 19.6 Å². The summed E-state index contributed by atoms with van der Waals surface area (Å²) in [7, 11) is -3.71. The number of ether oxygens (including phenoxy) is 1. The van der Waals surface area contributed by atoms with Crippen molar-refractivity contribution < 1.29 is 17.9 Å². The number of rotatable bonds is 4. The molecule has 0 saturated carbocycles. The van der Waals surface area contributed by atoms with Crippen molar-refractivity contribution in [3.05, 3.63) is 96.5 Å². The highest BCUT2D eigenvalue weighted by Gasteiger charge is 2.31. The lowest BCUT2D eigenvalue weighted by atomic mass is 10.0. The first-order chi connectivity index (χ1) is 17.5. The van der Waals surface area contributed by atoms with E-state index in [1.54, 1.807) is 30.6 Å². The predicted octanol–water partition coefficient (Wildman–Crippen LogP) is 3.54. The van der Waals surface area contributed by atoms with Crippen LogP contribution in [0.3, 0.4) is 0 Å². The number of cyclic esters (lactones) is 1. The number of esters is 1. The summed E-state index contributed by atoms with van der Waals surface area (Å²) < 4.78 is 33.7. The Morgan fingerprint density at radius 1 is 0.833 bits per heavy atom. The Morgan fingerprint density at radius 2 is 1.56 bits per heavy atom. The number of carbonyl (C=O) groups excluding carboxylic acids is 1. The average molecular weight is 499 g/mol. The number of aromatic nitrogens is 1. The molecule has 8 nitrogen and oxygen atoms in total. The molecule has 0 aliphatic carbocycles. The maximum Gasteiger partial charge on any atom is 0.365 e. The lowest BCUT2D eigenvalue weighted by Gasteiger charge is -2.33. The third-order valence-electron chi connectivity index (χ3n) is 6.43. The summed E-state index contributed by atoms with van der Waals surface area (Å²) in [6, 6.07) is 22.4. The van der Waals surface area contributed by atoms with E-state index in [0.29, 0.717) is 18.6 Å². The number of pyridine rings is 1. The van der Waals surface area contributed by atoms with Crippen molar-refractivity contribution in [3.8, 4) is 0 Å². The molecule has 0 N–H and O–H groups in total. The summed E-state index contributed by atoms with van der Waals surface area (Å²) in [4.78, 5) is 23.4. The number of hydrogen-bond acceptors (Lipinski definition) is 7. The third-order valence-corrected chi connectivity index (χ3v) is 8.36. The molecule has 9 heteroatoms. The molecule has 0 bridgehead atoms. The van der Waals surface area contributed by atoms with Crippen LogP contribution in [0, 0.1) is 0 Å². The number of carbonyl (C=O) groups is 1. The molecule has 3 heterocycles. The number of benzene rings is 3. The zero-order chi connectivity index (χ0) is 24.7. The highest BCUT2D eigenvalue weighted by Crippen LogP contribution is 2.26. The number of nitrogens with zero attached hydrogens (tertiary/aromatic N) is 4. The van der Waals surface area contributed by atoms with Gasteiger partial charge in [0.2, 0.25) is 15.9 Å². The lowest BCUT2D eigenvalue weighted by molar-refractivity contribution is -0.130. The van der Waals surface area contributed by atoms with E-state index in [2.05, 4.69) is 9.98 Å². The maximum atomic E-state index is 13.4. The highest BCUT2D eigenvalue weighted by atomic mass is 32.2. The van der Waals surface area contributed by atoms with Gasteiger partial charge in [0.1, 0.15) is 4.90 Å². The van der Waals surface area contributed by atoms with E-state index in [9.17, 15) is 13.2 Å². The summed E-state index contributed by atoms with van der Waals surface area (Å²) in [6.07, 6.45) is 3.25. The van der Waals surface area contributed by atoms with Gasteiger partial charge in [-0.3, -0.25) is 4.98 Å². The smallest absolute Gasteiger partial charge is 0.365 e. The fourth-order valence-electron chi connectivity index (χ4n) is 4.60. The van der Waals surface area contributed by atoms with Gasteiger partial charge in [0, 0.05) is 49.5 Å². The van der Waals surface area contributed by atoms with Crippen molar-refractivity contribution in [1.29, 1.82) is 0 Å². The molecule has 4 aromatic rings. The Bertz CT molecular complexity index is 1660. The molecule has 0 amide bonds. The Hall–Kier alpha value is -4.08. The molecule has 3 aromatic carbocycles. The Kier molecular flexibility index (Phi) is 5.50. The van der Waals surface area contributed by atoms with E-state index in [-0.39, 0.29) is 29.6 Å². The Morgan fingerprint density at radius 3 is 2.42 bits per heavy atom. The summed E-state index contributed by atoms with van der Waals surface area (Å²) in [6.45, 7) is 1.41. The van der Waals surface area contributed by atoms with E-state index >= 15 is 0 Å². The number of aliphatic imine (C=N–C) groups is 1. The second-order valence-electron chi connectivity index (χ2n) is 8.62. The first-order valence-corrected chi connectivity index (χ1v) is 13.0. The first kappa shape index (κ1) is 22.4. The quantitative estimate of drug-likeness (QED) is 0.316. The van der Waals surface area contributed by atoms with Gasteiger partial charge in [0.15, 0.2) is 5.70 Å². The van der Waals surface area contributed by atoms with E-state index < -0.39 is 16.0 Å². The van der Waals surface area contributed by atoms with Gasteiger partial charge in [0.25, 0.3) is 0 Å². The van der Waals surface area contributed by atoms with Crippen LogP contribution in [0.4, 0.5) is 0 Å². The fraction of sp³-hybridized carbons (Fsp3) is 0.148. The van der Waals surface area contributed by atoms with Gasteiger partial charge in [-0.2, -0.15) is 4.31 Å². The standard InChI is InChI=1S/C27H22N4O4S/c32-27-23(29-26(35-27)22-11-3-7-19-6-1-2-10-21(19)22)18-30-14-16-31(17-15-30)36(33,34)24-12-4-8-20-9-5-13-28-25(20)24/h1-13,18H,14-17H2. The largest absolute Gasteiger partial charge is 0.402 e. The molecule has 36 heavy (non-hydrogen) atoms. The maximum absolute atomic E-state index is 13.4. The minimum Gasteiger partial charge on any atom is -0.402 e. The molecule has 180 valence electrons. The molecular formula is C27H22N4O4S. The van der Waals surface area contributed by atoms with Crippen molar-refractivity contribution in [2.75, 3.05) is 26.2 Å². The second-order valence-corrected chi connectivity index (χ2v) is 10.5. The highest BCUT2D eigenvalue weighted by molar-refractivity contribution is 7.89. The van der Waals surface area contributed by atoms with Crippen molar-refractivity contribution in [3.63, 3.8) is 0 Å². The summed E-state index contributed by atoms with van der Waals surface area (Å²) in [5.74, 6) is -0.248. The number of fused-ring (bicyclic) bond motifs is 2. The number of piperazine rings is 1. The van der Waals surface area contributed by atoms with Crippen LogP contribution in [0.2, 0.25) is 0 Å². The molecule has 0 unspecified atom stereocenters. The van der Waals surface area contributed by atoms with Gasteiger partial charge in [-0.05, 0) is 29.0 Å². The Balaban J connectivity index is 1.21. The van der Waals surface area contributed by atoms with Crippen LogP contribution in [0.25, 0.3) is 21.7 Å². The van der Waals surface area contributed by atoms with Gasteiger partial charge < -0.3 is 9.64 Å². The molecular weight excluding hydrogens is 476 g/mol. The monoisotopic (exact) mass is 498 g/mol. The first-order valence-electron chi connectivity index (χ1n) is 11.6. The van der Waals surface area contributed by atoms with E-state index in [4.69, 9.17) is 4.74 Å². The molecule has 0 radical (unpaired) electrons. The third kappa shape index (κ3) is 3.92. The van der Waals surface area contributed by atoms with Gasteiger partial charge in [-0.25, -0.2) is 18.2 Å². The second kappa shape index (κ2) is 8.85. The van der Waals surface area contributed by atoms with Crippen molar-refractivity contribution in [2.24, 2.45) is 4.99 Å². The lowest BCUT2D eigenvalue weighted by Crippen LogP contribution is -2.46. The van der Waals surface area contributed by atoms with Crippen molar-refractivity contribution in [2.45, 2.75) is 4.90 Å². The van der Waals surface area contributed by atoms with Crippen LogP contribution in [0.15, 0.2) is 101 Å². The predicted molar refractivity (Wildman–Crippen MR) is 137 cm³/mol. The molecule has 0 spiro atoms. The zero-order valence-electron chi connectivity index (χ0n) is 19.2. The van der Waals surface area contributed by atoms with Gasteiger partial charge >= 0.3 is 5.97 Å². The Labute approximate surface area is 208 Å². The summed E-state index contributed by atoms with van der Waals surface area (Å²) in [5.41, 5.74) is 1.42. The van der Waals surface area contributed by atoms with Crippen molar-refractivity contribution in [1.82, 2.24) is 14.2 Å². The van der Waals surface area contributed by atoms with Crippen molar-refractivity contribution >= 4 is 43.6 Å². The minimum atomic E-state index is -3.71. The molecule has 1 saturated heterocycles. The van der Waals surface area contributed by atoms with E-state index in [1.807, 2.05) is 59.5 Å². The van der Waals surface area contributed by atoms with Gasteiger partial charge in [0.05, 0.1) is 5.52 Å². The average Bonchev–Trinajstić information content (AvgIpc) is 3.28. The van der Waals surface area contributed by atoms with Gasteiger partial charge in [-0.1, -0.05) is 54.6 Å². The van der Waals surface area contributed by atoms with Crippen LogP contribution >= 0.6 is 0 Å². The molecule has 0 atom stereocenters. The number of hydrogen-bond donors (Lipinski definition) is 0. The topological polar surface area (TPSA) is 92.2 Å². The number of para-hydroxylation sites is 1. The molecule has 6 rings (SSSR count). The van der Waals surface area contributed by atoms with Gasteiger partial charge in [-0.15, -0.1) is 0 Å². The van der Waals surface area contributed by atoms with E-state index in [0.717, 1.165) is 21.7 Å². The molecule has 2 aliphatic rings. The van der Waals surface area contributed by atoms with E-state index in [1.165, 1.54) is 4.31 Å². The normalized spacial score (nSPS) is 18.1. The zero-order valence-corrected chi connectivity index (χ0v) is 20.1. The van der Waals surface area contributed by atoms with Crippen LogP contribution < -0.4 is 0 Å². The fourth-order valence-corrected chi connectivity index (χ4v) is 6.18. The molecule has 1 aromatic heterocycles.